The Kier molecular flexibility index (Phi) is 3.15. The van der Waals surface area contributed by atoms with Gasteiger partial charge in [-0.15, -0.1) is 0 Å². The molecule has 2 heterocycles. The standard InChI is InChI=1S/C9H10BrN3O2/c10-7-2-3-11-8(12-7)6-13-4-1-5-15-9(13)14/h2-3H,1,4-6H2. The van der Waals surface area contributed by atoms with Crippen LogP contribution in [0.25, 0.3) is 0 Å². The molecule has 6 heteroatoms. The summed E-state index contributed by atoms with van der Waals surface area (Å²) in [4.78, 5) is 21.2. The Bertz CT molecular complexity index is 372. The van der Waals surface area contributed by atoms with Crippen molar-refractivity contribution in [3.63, 3.8) is 0 Å². The number of hydrogen-bond acceptors (Lipinski definition) is 4. The average molecular weight is 272 g/mol. The molecule has 1 aromatic heterocycles. The normalized spacial score (nSPS) is 16.3. The summed E-state index contributed by atoms with van der Waals surface area (Å²) in [6.45, 7) is 1.61. The maximum absolute atomic E-state index is 11.3. The third-order valence-electron chi connectivity index (χ3n) is 2.06. The number of halogens is 1. The molecule has 0 radical (unpaired) electrons. The van der Waals surface area contributed by atoms with Crippen LogP contribution in [0.4, 0.5) is 4.79 Å². The van der Waals surface area contributed by atoms with Gasteiger partial charge in [0.05, 0.1) is 13.2 Å². The van der Waals surface area contributed by atoms with E-state index in [4.69, 9.17) is 4.74 Å². The fourth-order valence-corrected chi connectivity index (χ4v) is 1.69. The maximum Gasteiger partial charge on any atom is 0.410 e. The van der Waals surface area contributed by atoms with E-state index in [0.717, 1.165) is 11.0 Å². The lowest BCUT2D eigenvalue weighted by atomic mass is 10.3. The van der Waals surface area contributed by atoms with Crippen LogP contribution in [0.1, 0.15) is 12.2 Å². The van der Waals surface area contributed by atoms with Crippen LogP contribution < -0.4 is 0 Å². The Morgan fingerprint density at radius 2 is 2.47 bits per heavy atom. The molecule has 5 nitrogen and oxygen atoms in total. The van der Waals surface area contributed by atoms with Gasteiger partial charge in [0.1, 0.15) is 10.4 Å². The summed E-state index contributed by atoms with van der Waals surface area (Å²) < 4.78 is 5.63. The molecule has 0 spiro atoms. The van der Waals surface area contributed by atoms with E-state index in [1.54, 1.807) is 17.2 Å². The van der Waals surface area contributed by atoms with Crippen LogP contribution in [0.15, 0.2) is 16.9 Å². The van der Waals surface area contributed by atoms with E-state index in [2.05, 4.69) is 25.9 Å². The van der Waals surface area contributed by atoms with Crippen LogP contribution in [-0.2, 0) is 11.3 Å². The van der Waals surface area contributed by atoms with E-state index in [-0.39, 0.29) is 6.09 Å². The Morgan fingerprint density at radius 3 is 3.20 bits per heavy atom. The first kappa shape index (κ1) is 10.4. The Balaban J connectivity index is 2.04. The number of rotatable bonds is 2. The molecule has 80 valence electrons. The molecule has 1 fully saturated rings. The van der Waals surface area contributed by atoms with Crippen LogP contribution in [0.3, 0.4) is 0 Å². The molecule has 2 rings (SSSR count). The van der Waals surface area contributed by atoms with Gasteiger partial charge in [0.2, 0.25) is 0 Å². The van der Waals surface area contributed by atoms with E-state index in [0.29, 0.717) is 25.5 Å². The number of nitrogens with zero attached hydrogens (tertiary/aromatic N) is 3. The molecule has 1 aliphatic heterocycles. The lowest BCUT2D eigenvalue weighted by Crippen LogP contribution is -2.37. The molecule has 0 aliphatic carbocycles. The van der Waals surface area contributed by atoms with Gasteiger partial charge in [-0.3, -0.25) is 0 Å². The number of ether oxygens (including phenoxy) is 1. The maximum atomic E-state index is 11.3. The van der Waals surface area contributed by atoms with Crippen LogP contribution in [-0.4, -0.2) is 34.1 Å². The molecule has 0 atom stereocenters. The second-order valence-electron chi connectivity index (χ2n) is 3.19. The zero-order valence-electron chi connectivity index (χ0n) is 8.02. The van der Waals surface area contributed by atoms with Gasteiger partial charge < -0.3 is 9.64 Å². The van der Waals surface area contributed by atoms with Crippen molar-refractivity contribution >= 4 is 22.0 Å². The highest BCUT2D eigenvalue weighted by atomic mass is 79.9. The van der Waals surface area contributed by atoms with E-state index < -0.39 is 0 Å². The molecule has 0 bridgehead atoms. The molecule has 1 aromatic rings. The topological polar surface area (TPSA) is 55.3 Å². The van der Waals surface area contributed by atoms with Gasteiger partial charge in [0.15, 0.2) is 0 Å². The SMILES string of the molecule is O=C1OCCCN1Cc1nccc(Br)n1. The molecule has 1 amide bonds. The van der Waals surface area contributed by atoms with Crippen molar-refractivity contribution in [1.82, 2.24) is 14.9 Å². The predicted molar refractivity (Wildman–Crippen MR) is 56.1 cm³/mol. The summed E-state index contributed by atoms with van der Waals surface area (Å²) in [5.74, 6) is 0.614. The quantitative estimate of drug-likeness (QED) is 0.767. The van der Waals surface area contributed by atoms with Crippen LogP contribution in [0.2, 0.25) is 0 Å². The highest BCUT2D eigenvalue weighted by Crippen LogP contribution is 2.10. The van der Waals surface area contributed by atoms with Gasteiger partial charge in [0.25, 0.3) is 0 Å². The molecule has 15 heavy (non-hydrogen) atoms. The fourth-order valence-electron chi connectivity index (χ4n) is 1.36. The molecule has 1 saturated heterocycles. The Labute approximate surface area is 95.6 Å². The number of carbonyl (C=O) groups excluding carboxylic acids is 1. The van der Waals surface area contributed by atoms with Gasteiger partial charge >= 0.3 is 6.09 Å². The lowest BCUT2D eigenvalue weighted by Gasteiger charge is -2.25. The molecular weight excluding hydrogens is 262 g/mol. The van der Waals surface area contributed by atoms with Gasteiger partial charge in [-0.05, 0) is 28.4 Å². The molecule has 0 N–H and O–H groups in total. The number of amides is 1. The van der Waals surface area contributed by atoms with Gasteiger partial charge in [-0.25, -0.2) is 14.8 Å². The predicted octanol–water partition coefficient (Wildman–Crippen LogP) is 1.58. The summed E-state index contributed by atoms with van der Waals surface area (Å²) >= 11 is 3.26. The van der Waals surface area contributed by atoms with Crippen molar-refractivity contribution in [3.05, 3.63) is 22.7 Å². The van der Waals surface area contributed by atoms with Gasteiger partial charge in [-0.2, -0.15) is 0 Å². The van der Waals surface area contributed by atoms with Gasteiger partial charge in [0, 0.05) is 12.7 Å². The summed E-state index contributed by atoms with van der Waals surface area (Å²) in [5, 5.41) is 0. The van der Waals surface area contributed by atoms with E-state index in [9.17, 15) is 4.79 Å². The highest BCUT2D eigenvalue weighted by molar-refractivity contribution is 9.10. The molecule has 0 unspecified atom stereocenters. The zero-order chi connectivity index (χ0) is 10.7. The van der Waals surface area contributed by atoms with Crippen LogP contribution in [0, 0.1) is 0 Å². The summed E-state index contributed by atoms with van der Waals surface area (Å²) in [5.41, 5.74) is 0. The van der Waals surface area contributed by atoms with E-state index >= 15 is 0 Å². The van der Waals surface area contributed by atoms with Crippen LogP contribution in [0.5, 0.6) is 0 Å². The third kappa shape index (κ3) is 2.65. The first-order valence-corrected chi connectivity index (χ1v) is 5.44. The minimum absolute atomic E-state index is 0.287. The van der Waals surface area contributed by atoms with Crippen molar-refractivity contribution in [3.8, 4) is 0 Å². The van der Waals surface area contributed by atoms with E-state index in [1.165, 1.54) is 0 Å². The monoisotopic (exact) mass is 271 g/mol. The van der Waals surface area contributed by atoms with Crippen molar-refractivity contribution in [2.75, 3.05) is 13.2 Å². The number of carbonyl (C=O) groups is 1. The van der Waals surface area contributed by atoms with Crippen LogP contribution >= 0.6 is 15.9 Å². The second-order valence-corrected chi connectivity index (χ2v) is 4.00. The zero-order valence-corrected chi connectivity index (χ0v) is 9.61. The smallest absolute Gasteiger partial charge is 0.410 e. The molecule has 1 aliphatic rings. The second kappa shape index (κ2) is 4.57. The Morgan fingerprint density at radius 1 is 1.60 bits per heavy atom. The van der Waals surface area contributed by atoms with Gasteiger partial charge in [-0.1, -0.05) is 0 Å². The van der Waals surface area contributed by atoms with Crippen molar-refractivity contribution < 1.29 is 9.53 Å². The fraction of sp³-hybridized carbons (Fsp3) is 0.444. The minimum Gasteiger partial charge on any atom is -0.449 e. The molecule has 0 saturated carbocycles. The Hall–Kier alpha value is -1.17. The minimum atomic E-state index is -0.287. The summed E-state index contributed by atoms with van der Waals surface area (Å²) in [6.07, 6.45) is 2.23. The summed E-state index contributed by atoms with van der Waals surface area (Å²) in [6, 6.07) is 1.75. The average Bonchev–Trinajstić information content (AvgIpc) is 2.22. The van der Waals surface area contributed by atoms with Crippen molar-refractivity contribution in [2.24, 2.45) is 0 Å². The number of hydrogen-bond donors (Lipinski definition) is 0. The first-order chi connectivity index (χ1) is 7.25. The number of cyclic esters (lactones) is 1. The number of aromatic nitrogens is 2. The molecular formula is C9H10BrN3O2. The summed E-state index contributed by atoms with van der Waals surface area (Å²) in [7, 11) is 0. The third-order valence-corrected chi connectivity index (χ3v) is 2.50. The van der Waals surface area contributed by atoms with E-state index in [1.807, 2.05) is 0 Å². The largest absolute Gasteiger partial charge is 0.449 e. The first-order valence-electron chi connectivity index (χ1n) is 4.65. The highest BCUT2D eigenvalue weighted by Gasteiger charge is 2.20. The lowest BCUT2D eigenvalue weighted by molar-refractivity contribution is 0.0690. The van der Waals surface area contributed by atoms with Crippen molar-refractivity contribution in [1.29, 1.82) is 0 Å². The molecule has 0 aromatic carbocycles. The van der Waals surface area contributed by atoms with Crippen molar-refractivity contribution in [2.45, 2.75) is 13.0 Å².